The lowest BCUT2D eigenvalue weighted by atomic mass is 10.1. The van der Waals surface area contributed by atoms with Gasteiger partial charge in [-0.2, -0.15) is 0 Å². The van der Waals surface area contributed by atoms with E-state index < -0.39 is 5.97 Å². The van der Waals surface area contributed by atoms with Crippen molar-refractivity contribution in [3.63, 3.8) is 0 Å². The zero-order valence-corrected chi connectivity index (χ0v) is 10.1. The molecule has 1 atom stereocenters. The maximum atomic E-state index is 10.9. The lowest BCUT2D eigenvalue weighted by molar-refractivity contribution is 0.0697. The number of fused-ring (bicyclic) bond motifs is 1. The lowest BCUT2D eigenvalue weighted by Crippen LogP contribution is -2.05. The van der Waals surface area contributed by atoms with Crippen molar-refractivity contribution in [3.8, 4) is 0 Å². The van der Waals surface area contributed by atoms with Crippen molar-refractivity contribution in [1.82, 2.24) is 9.55 Å². The van der Waals surface area contributed by atoms with Crippen LogP contribution in [0.15, 0.2) is 24.5 Å². The van der Waals surface area contributed by atoms with Crippen LogP contribution in [0.25, 0.3) is 11.0 Å². The molecule has 2 aromatic rings. The van der Waals surface area contributed by atoms with Crippen molar-refractivity contribution in [1.29, 1.82) is 0 Å². The number of carboxylic acid groups (broad SMARTS) is 1. The third-order valence-electron chi connectivity index (χ3n) is 3.07. The number of hydrogen-bond acceptors (Lipinski definition) is 2. The number of rotatable bonds is 4. The summed E-state index contributed by atoms with van der Waals surface area (Å²) in [5, 5.41) is 8.97. The number of aromatic nitrogens is 2. The molecule has 4 heteroatoms. The van der Waals surface area contributed by atoms with Gasteiger partial charge in [-0.3, -0.25) is 0 Å². The van der Waals surface area contributed by atoms with Crippen LogP contribution in [0.1, 0.15) is 30.6 Å². The topological polar surface area (TPSA) is 55.1 Å². The Bertz CT molecular complexity index is 545. The average molecular weight is 232 g/mol. The molecule has 0 aliphatic heterocycles. The zero-order valence-electron chi connectivity index (χ0n) is 10.1. The molecule has 1 aromatic heterocycles. The molecule has 17 heavy (non-hydrogen) atoms. The number of hydrogen-bond donors (Lipinski definition) is 1. The first-order chi connectivity index (χ1) is 8.11. The van der Waals surface area contributed by atoms with Gasteiger partial charge < -0.3 is 9.67 Å². The van der Waals surface area contributed by atoms with Gasteiger partial charge in [0.05, 0.1) is 22.9 Å². The second-order valence-corrected chi connectivity index (χ2v) is 4.42. The third kappa shape index (κ3) is 2.30. The van der Waals surface area contributed by atoms with Crippen molar-refractivity contribution in [2.45, 2.75) is 26.8 Å². The van der Waals surface area contributed by atoms with Gasteiger partial charge >= 0.3 is 5.97 Å². The van der Waals surface area contributed by atoms with Gasteiger partial charge in [-0.1, -0.05) is 20.3 Å². The summed E-state index contributed by atoms with van der Waals surface area (Å²) in [6, 6.07) is 5.03. The van der Waals surface area contributed by atoms with Crippen LogP contribution in [0.2, 0.25) is 0 Å². The predicted octanol–water partition coefficient (Wildman–Crippen LogP) is 2.78. The summed E-state index contributed by atoms with van der Waals surface area (Å²) in [6.07, 6.45) is 2.88. The normalized spacial score (nSPS) is 12.8. The minimum absolute atomic E-state index is 0.309. The van der Waals surface area contributed by atoms with E-state index in [9.17, 15) is 4.79 Å². The number of carbonyl (C=O) groups is 1. The Labute approximate surface area is 99.9 Å². The molecule has 0 aliphatic rings. The summed E-state index contributed by atoms with van der Waals surface area (Å²) in [7, 11) is 0. The van der Waals surface area contributed by atoms with Crippen LogP contribution in [0.4, 0.5) is 0 Å². The van der Waals surface area contributed by atoms with E-state index in [1.165, 1.54) is 0 Å². The molecule has 0 bridgehead atoms. The highest BCUT2D eigenvalue weighted by Crippen LogP contribution is 2.17. The maximum Gasteiger partial charge on any atom is 0.335 e. The summed E-state index contributed by atoms with van der Waals surface area (Å²) in [5.74, 6) is -0.343. The first-order valence-corrected chi connectivity index (χ1v) is 5.80. The van der Waals surface area contributed by atoms with Crippen molar-refractivity contribution >= 4 is 17.0 Å². The molecular weight excluding hydrogens is 216 g/mol. The second-order valence-electron chi connectivity index (χ2n) is 4.42. The van der Waals surface area contributed by atoms with Gasteiger partial charge in [0, 0.05) is 6.54 Å². The minimum atomic E-state index is -0.900. The van der Waals surface area contributed by atoms with Crippen LogP contribution >= 0.6 is 0 Å². The first kappa shape index (κ1) is 11.6. The molecule has 2 rings (SSSR count). The molecule has 0 spiro atoms. The molecule has 1 aromatic carbocycles. The van der Waals surface area contributed by atoms with Crippen molar-refractivity contribution in [2.75, 3.05) is 0 Å². The Kier molecular flexibility index (Phi) is 3.13. The maximum absolute atomic E-state index is 10.9. The highest BCUT2D eigenvalue weighted by Gasteiger charge is 2.09. The monoisotopic (exact) mass is 232 g/mol. The summed E-state index contributed by atoms with van der Waals surface area (Å²) in [6.45, 7) is 5.19. The number of carboxylic acids is 1. The van der Waals surface area contributed by atoms with E-state index in [0.717, 1.165) is 24.0 Å². The Morgan fingerprint density at radius 3 is 2.94 bits per heavy atom. The Hall–Kier alpha value is -1.84. The van der Waals surface area contributed by atoms with Gasteiger partial charge in [0.1, 0.15) is 0 Å². The fourth-order valence-electron chi connectivity index (χ4n) is 1.80. The van der Waals surface area contributed by atoms with Gasteiger partial charge in [-0.15, -0.1) is 0 Å². The van der Waals surface area contributed by atoms with Crippen LogP contribution in [0.3, 0.4) is 0 Å². The summed E-state index contributed by atoms with van der Waals surface area (Å²) in [4.78, 5) is 15.2. The van der Waals surface area contributed by atoms with E-state index >= 15 is 0 Å². The van der Waals surface area contributed by atoms with Gasteiger partial charge in [-0.25, -0.2) is 9.78 Å². The molecule has 4 nitrogen and oxygen atoms in total. The molecule has 90 valence electrons. The standard InChI is InChI=1S/C13H16N2O2/c1-3-9(2)7-15-8-14-11-5-4-10(13(16)17)6-12(11)15/h4-6,8-9H,3,7H2,1-2H3,(H,16,17)/t9-/m0/s1. The van der Waals surface area contributed by atoms with Crippen molar-refractivity contribution in [3.05, 3.63) is 30.1 Å². The minimum Gasteiger partial charge on any atom is -0.478 e. The van der Waals surface area contributed by atoms with E-state index in [4.69, 9.17) is 5.11 Å². The molecule has 0 amide bonds. The van der Waals surface area contributed by atoms with Crippen molar-refractivity contribution in [2.24, 2.45) is 5.92 Å². The number of aromatic carboxylic acids is 1. The van der Waals surface area contributed by atoms with Crippen LogP contribution in [0.5, 0.6) is 0 Å². The van der Waals surface area contributed by atoms with E-state index in [-0.39, 0.29) is 0 Å². The molecule has 0 radical (unpaired) electrons. The van der Waals surface area contributed by atoms with Crippen LogP contribution in [-0.2, 0) is 6.54 Å². The van der Waals surface area contributed by atoms with Crippen molar-refractivity contribution < 1.29 is 9.90 Å². The van der Waals surface area contributed by atoms with Crippen LogP contribution < -0.4 is 0 Å². The zero-order chi connectivity index (χ0) is 12.4. The number of benzene rings is 1. The van der Waals surface area contributed by atoms with E-state index in [0.29, 0.717) is 11.5 Å². The molecule has 0 aliphatic carbocycles. The average Bonchev–Trinajstić information content (AvgIpc) is 2.71. The first-order valence-electron chi connectivity index (χ1n) is 5.80. The summed E-state index contributed by atoms with van der Waals surface area (Å²) < 4.78 is 2.02. The quantitative estimate of drug-likeness (QED) is 0.881. The fourth-order valence-corrected chi connectivity index (χ4v) is 1.80. The highest BCUT2D eigenvalue weighted by atomic mass is 16.4. The van der Waals surface area contributed by atoms with E-state index in [1.54, 1.807) is 24.5 Å². The molecular formula is C13H16N2O2. The molecule has 0 saturated carbocycles. The summed E-state index contributed by atoms with van der Waals surface area (Å²) >= 11 is 0. The SMILES string of the molecule is CC[C@H](C)Cn1cnc2ccc(C(=O)O)cc21. The number of nitrogens with zero attached hydrogens (tertiary/aromatic N) is 2. The molecule has 0 unspecified atom stereocenters. The van der Waals surface area contributed by atoms with E-state index in [2.05, 4.69) is 18.8 Å². The third-order valence-corrected chi connectivity index (χ3v) is 3.07. The fraction of sp³-hybridized carbons (Fsp3) is 0.385. The van der Waals surface area contributed by atoms with Gasteiger partial charge in [0.2, 0.25) is 0 Å². The molecule has 0 fully saturated rings. The van der Waals surface area contributed by atoms with Gasteiger partial charge in [0.25, 0.3) is 0 Å². The molecule has 1 heterocycles. The lowest BCUT2D eigenvalue weighted by Gasteiger charge is -2.10. The number of imidazole rings is 1. The predicted molar refractivity (Wildman–Crippen MR) is 66.1 cm³/mol. The molecule has 0 saturated heterocycles. The van der Waals surface area contributed by atoms with Gasteiger partial charge in [0.15, 0.2) is 0 Å². The van der Waals surface area contributed by atoms with Gasteiger partial charge in [-0.05, 0) is 24.1 Å². The van der Waals surface area contributed by atoms with Crippen LogP contribution in [-0.4, -0.2) is 20.6 Å². The molecule has 1 N–H and O–H groups in total. The Balaban J connectivity index is 2.43. The highest BCUT2D eigenvalue weighted by molar-refractivity contribution is 5.92. The summed E-state index contributed by atoms with van der Waals surface area (Å²) in [5.41, 5.74) is 2.05. The largest absolute Gasteiger partial charge is 0.478 e. The smallest absolute Gasteiger partial charge is 0.335 e. The Morgan fingerprint density at radius 2 is 2.29 bits per heavy atom. The second kappa shape index (κ2) is 4.57. The van der Waals surface area contributed by atoms with E-state index in [1.807, 2.05) is 4.57 Å². The Morgan fingerprint density at radius 1 is 1.53 bits per heavy atom. The van der Waals surface area contributed by atoms with Crippen LogP contribution in [0, 0.1) is 5.92 Å².